The van der Waals surface area contributed by atoms with Gasteiger partial charge in [0.25, 0.3) is 10.0 Å². The lowest BCUT2D eigenvalue weighted by Gasteiger charge is -2.04. The molecule has 1 aromatic rings. The quantitative estimate of drug-likeness (QED) is 0.833. The summed E-state index contributed by atoms with van der Waals surface area (Å²) in [6.07, 6.45) is 1.55. The normalized spacial score (nSPS) is 14.0. The van der Waals surface area contributed by atoms with Gasteiger partial charge < -0.3 is 4.57 Å². The summed E-state index contributed by atoms with van der Waals surface area (Å²) in [6.45, 7) is 6.66. The zero-order valence-electron chi connectivity index (χ0n) is 9.57. The fraction of sp³-hybridized carbons (Fsp3) is 0.667. The summed E-state index contributed by atoms with van der Waals surface area (Å²) in [5.74, 6) is 0.703. The van der Waals surface area contributed by atoms with Crippen molar-refractivity contribution in [3.05, 3.63) is 12.0 Å². The number of aromatic nitrogens is 2. The molecule has 92 valence electrons. The van der Waals surface area contributed by atoms with E-state index in [9.17, 15) is 8.42 Å². The first kappa shape index (κ1) is 13.7. The molecule has 0 amide bonds. The second-order valence-corrected chi connectivity index (χ2v) is 6.82. The van der Waals surface area contributed by atoms with Crippen molar-refractivity contribution in [1.82, 2.24) is 14.3 Å². The maximum absolute atomic E-state index is 11.8. The molecule has 0 saturated carbocycles. The Morgan fingerprint density at radius 3 is 2.69 bits per heavy atom. The molecule has 1 atom stereocenters. The Bertz CT molecular complexity index is 453. The molecule has 5 nitrogen and oxygen atoms in total. The third-order valence-electron chi connectivity index (χ3n) is 2.12. The third kappa shape index (κ3) is 3.29. The van der Waals surface area contributed by atoms with Gasteiger partial charge in [-0.05, 0) is 13.8 Å². The van der Waals surface area contributed by atoms with Crippen LogP contribution in [0.3, 0.4) is 0 Å². The van der Waals surface area contributed by atoms with E-state index in [4.69, 9.17) is 0 Å². The van der Waals surface area contributed by atoms with Crippen LogP contribution in [-0.2, 0) is 16.6 Å². The molecule has 0 radical (unpaired) electrons. The van der Waals surface area contributed by atoms with Gasteiger partial charge in [0.2, 0.25) is 0 Å². The van der Waals surface area contributed by atoms with Gasteiger partial charge >= 0.3 is 0 Å². The summed E-state index contributed by atoms with van der Waals surface area (Å²) in [5.41, 5.74) is 0. The number of aryl methyl sites for hydroxylation is 2. The molecule has 1 heterocycles. The minimum atomic E-state index is -3.48. The molecule has 0 bridgehead atoms. The molecule has 0 saturated heterocycles. The van der Waals surface area contributed by atoms with Gasteiger partial charge in [-0.2, -0.15) is 0 Å². The monoisotopic (exact) mass is 309 g/mol. The highest BCUT2D eigenvalue weighted by Crippen LogP contribution is 2.09. The van der Waals surface area contributed by atoms with E-state index in [-0.39, 0.29) is 9.85 Å². The summed E-state index contributed by atoms with van der Waals surface area (Å²) in [6, 6.07) is 0. The maximum atomic E-state index is 11.8. The first-order valence-corrected chi connectivity index (χ1v) is 7.44. The average Bonchev–Trinajstić information content (AvgIpc) is 2.57. The Labute approximate surface area is 104 Å². The van der Waals surface area contributed by atoms with E-state index in [1.165, 1.54) is 0 Å². The highest BCUT2D eigenvalue weighted by atomic mass is 79.9. The molecule has 0 fully saturated rings. The molecule has 0 aliphatic carbocycles. The number of nitrogens with zero attached hydrogens (tertiary/aromatic N) is 2. The smallest absolute Gasteiger partial charge is 0.259 e. The number of sulfonamides is 1. The minimum Gasteiger partial charge on any atom is -0.334 e. The number of hydrogen-bond acceptors (Lipinski definition) is 3. The Kier molecular flexibility index (Phi) is 4.52. The van der Waals surface area contributed by atoms with Crippen molar-refractivity contribution in [3.8, 4) is 0 Å². The Balaban J connectivity index is 2.90. The van der Waals surface area contributed by atoms with Crippen LogP contribution in [0.25, 0.3) is 0 Å². The highest BCUT2D eigenvalue weighted by molar-refractivity contribution is 9.09. The van der Waals surface area contributed by atoms with Crippen molar-refractivity contribution in [2.24, 2.45) is 0 Å². The van der Waals surface area contributed by atoms with Crippen molar-refractivity contribution in [2.45, 2.75) is 37.2 Å². The van der Waals surface area contributed by atoms with Crippen LogP contribution in [-0.4, -0.2) is 29.3 Å². The van der Waals surface area contributed by atoms with Gasteiger partial charge in [-0.25, -0.2) is 18.1 Å². The van der Waals surface area contributed by atoms with Crippen LogP contribution >= 0.6 is 15.9 Å². The van der Waals surface area contributed by atoms with Crippen LogP contribution in [0.1, 0.15) is 19.7 Å². The zero-order valence-corrected chi connectivity index (χ0v) is 12.0. The number of alkyl halides is 1. The molecule has 1 aromatic heterocycles. The summed E-state index contributed by atoms with van der Waals surface area (Å²) in [4.78, 5) is 4.12. The van der Waals surface area contributed by atoms with Crippen LogP contribution in [0.4, 0.5) is 0 Å². The van der Waals surface area contributed by atoms with E-state index >= 15 is 0 Å². The van der Waals surface area contributed by atoms with E-state index in [1.807, 2.05) is 13.8 Å². The molecule has 0 aliphatic rings. The van der Waals surface area contributed by atoms with Crippen LogP contribution in [0.15, 0.2) is 11.2 Å². The number of rotatable bonds is 5. The van der Waals surface area contributed by atoms with Crippen LogP contribution in [0.2, 0.25) is 0 Å². The summed E-state index contributed by atoms with van der Waals surface area (Å²) < 4.78 is 27.9. The highest BCUT2D eigenvalue weighted by Gasteiger charge is 2.18. The predicted octanol–water partition coefficient (Wildman–Crippen LogP) is 1.27. The van der Waals surface area contributed by atoms with Crippen molar-refractivity contribution in [3.63, 3.8) is 0 Å². The fourth-order valence-corrected chi connectivity index (χ4v) is 2.74. The molecule has 0 aliphatic heterocycles. The number of nitrogens with one attached hydrogen (secondary N) is 1. The lowest BCUT2D eigenvalue weighted by atomic mass is 10.5. The van der Waals surface area contributed by atoms with Crippen molar-refractivity contribution < 1.29 is 8.42 Å². The fourth-order valence-electron chi connectivity index (χ4n) is 1.23. The number of hydrogen-bond donors (Lipinski definition) is 1. The van der Waals surface area contributed by atoms with Crippen LogP contribution in [0.5, 0.6) is 0 Å². The van der Waals surface area contributed by atoms with Gasteiger partial charge in [0.15, 0.2) is 5.03 Å². The number of imidazole rings is 1. The molecular weight excluding hydrogens is 294 g/mol. The number of halogens is 1. The second-order valence-electron chi connectivity index (χ2n) is 3.55. The average molecular weight is 310 g/mol. The van der Waals surface area contributed by atoms with Gasteiger partial charge in [-0.3, -0.25) is 0 Å². The molecular formula is C9H16BrN3O2S. The zero-order chi connectivity index (χ0) is 12.3. The van der Waals surface area contributed by atoms with E-state index in [1.54, 1.807) is 17.7 Å². The minimum absolute atomic E-state index is 0.0833. The van der Waals surface area contributed by atoms with Crippen molar-refractivity contribution in [2.75, 3.05) is 6.54 Å². The summed E-state index contributed by atoms with van der Waals surface area (Å²) in [7, 11) is -3.48. The van der Waals surface area contributed by atoms with Gasteiger partial charge in [0.1, 0.15) is 5.82 Å². The van der Waals surface area contributed by atoms with E-state index < -0.39 is 10.0 Å². The largest absolute Gasteiger partial charge is 0.334 e. The Morgan fingerprint density at radius 1 is 1.62 bits per heavy atom. The first-order valence-electron chi connectivity index (χ1n) is 5.04. The van der Waals surface area contributed by atoms with Crippen LogP contribution < -0.4 is 4.72 Å². The lowest BCUT2D eigenvalue weighted by molar-refractivity contribution is 0.578. The molecule has 1 N–H and O–H groups in total. The molecule has 7 heteroatoms. The van der Waals surface area contributed by atoms with Crippen LogP contribution in [0, 0.1) is 6.92 Å². The maximum Gasteiger partial charge on any atom is 0.259 e. The summed E-state index contributed by atoms with van der Waals surface area (Å²) >= 11 is 3.28. The van der Waals surface area contributed by atoms with Gasteiger partial charge in [-0.1, -0.05) is 22.9 Å². The van der Waals surface area contributed by atoms with Crippen molar-refractivity contribution in [1.29, 1.82) is 0 Å². The van der Waals surface area contributed by atoms with Gasteiger partial charge in [-0.15, -0.1) is 0 Å². The molecule has 1 unspecified atom stereocenters. The summed E-state index contributed by atoms with van der Waals surface area (Å²) in [5, 5.41) is 0.0833. The van der Waals surface area contributed by atoms with E-state index in [0.717, 1.165) is 0 Å². The Morgan fingerprint density at radius 2 is 2.25 bits per heavy atom. The molecule has 0 spiro atoms. The third-order valence-corrected chi connectivity index (χ3v) is 3.74. The molecule has 0 aromatic carbocycles. The predicted molar refractivity (Wildman–Crippen MR) is 66.2 cm³/mol. The second kappa shape index (κ2) is 5.29. The van der Waals surface area contributed by atoms with E-state index in [2.05, 4.69) is 25.6 Å². The van der Waals surface area contributed by atoms with Crippen molar-refractivity contribution >= 4 is 26.0 Å². The Hall–Kier alpha value is -0.400. The van der Waals surface area contributed by atoms with Gasteiger partial charge in [0.05, 0.1) is 0 Å². The van der Waals surface area contributed by atoms with E-state index in [0.29, 0.717) is 18.9 Å². The molecule has 16 heavy (non-hydrogen) atoms. The first-order chi connectivity index (χ1) is 7.36. The lowest BCUT2D eigenvalue weighted by Crippen LogP contribution is -2.28. The SMILES string of the molecule is CCn1cc(S(=O)(=O)NCC(C)Br)nc1C. The topological polar surface area (TPSA) is 64.0 Å². The molecule has 1 rings (SSSR count). The van der Waals surface area contributed by atoms with Gasteiger partial charge in [0, 0.05) is 24.1 Å². The standard InChI is InChI=1S/C9H16BrN3O2S/c1-4-13-6-9(12-8(13)3)16(14,15)11-5-7(2)10/h6-7,11H,4-5H2,1-3H3.